The molecule has 3 rings (SSSR count). The van der Waals surface area contributed by atoms with E-state index in [4.69, 9.17) is 11.5 Å². The van der Waals surface area contributed by atoms with Crippen LogP contribution in [0.15, 0.2) is 24.3 Å². The third-order valence-corrected chi connectivity index (χ3v) is 5.24. The number of benzene rings is 1. The fraction of sp³-hybridized carbons (Fsp3) is 0.400. The summed E-state index contributed by atoms with van der Waals surface area (Å²) < 4.78 is 14.6. The Bertz CT molecular complexity index is 855. The second-order valence-corrected chi connectivity index (χ2v) is 7.15. The van der Waals surface area contributed by atoms with Gasteiger partial charge in [0.2, 0.25) is 0 Å². The molecule has 27 heavy (non-hydrogen) atoms. The van der Waals surface area contributed by atoms with Crippen LogP contribution in [0, 0.1) is 19.7 Å². The Hall–Kier alpha value is -2.67. The number of anilines is 3. The van der Waals surface area contributed by atoms with Crippen LogP contribution < -0.4 is 22.1 Å². The number of nitrogens with one attached hydrogen (secondary N) is 2. The first-order valence-corrected chi connectivity index (χ1v) is 9.22. The number of halogens is 1. The number of carbonyl (C=O) groups excluding carboxylic acids is 1. The quantitative estimate of drug-likeness (QED) is 0.645. The number of carbonyl (C=O) groups is 1. The molecular weight excluding hydrogens is 345 g/mol. The molecule has 0 aliphatic heterocycles. The van der Waals surface area contributed by atoms with E-state index in [0.717, 1.165) is 48.6 Å². The van der Waals surface area contributed by atoms with Gasteiger partial charge in [-0.2, -0.15) is 0 Å². The van der Waals surface area contributed by atoms with E-state index in [2.05, 4.69) is 15.6 Å². The second kappa shape index (κ2) is 7.92. The van der Waals surface area contributed by atoms with E-state index in [1.54, 1.807) is 0 Å². The lowest BCUT2D eigenvalue weighted by atomic mass is 9.91. The summed E-state index contributed by atoms with van der Waals surface area (Å²) in [7, 11) is 0. The van der Waals surface area contributed by atoms with E-state index in [1.807, 2.05) is 32.0 Å². The zero-order valence-electron chi connectivity index (χ0n) is 15.7. The Morgan fingerprint density at radius 2 is 1.96 bits per heavy atom. The standard InChI is InChI=1S/C20H26FN5O/c1-11-6-5-9-16(12(11)2)24-19-13(18(23)27)10-14(21)20(26-19)25-17-8-4-3-7-15(17)22/h5-6,9-10,15,17H,3-4,7-8,22H2,1-2H3,(H2,23,27)(H2,24,25,26)/t15-,17?/m0/s1. The number of nitrogens with two attached hydrogens (primary N) is 2. The number of nitrogens with zero attached hydrogens (tertiary/aromatic N) is 1. The van der Waals surface area contributed by atoms with Crippen LogP contribution in [-0.2, 0) is 0 Å². The molecule has 1 aliphatic carbocycles. The van der Waals surface area contributed by atoms with Gasteiger partial charge in [0.05, 0.1) is 5.56 Å². The summed E-state index contributed by atoms with van der Waals surface area (Å²) in [6, 6.07) is 6.80. The fourth-order valence-corrected chi connectivity index (χ4v) is 3.40. The fourth-order valence-electron chi connectivity index (χ4n) is 3.40. The summed E-state index contributed by atoms with van der Waals surface area (Å²) in [6.45, 7) is 3.95. The van der Waals surface area contributed by atoms with Gasteiger partial charge in [-0.3, -0.25) is 4.79 Å². The highest BCUT2D eigenvalue weighted by atomic mass is 19.1. The maximum atomic E-state index is 14.6. The van der Waals surface area contributed by atoms with Gasteiger partial charge < -0.3 is 22.1 Å². The summed E-state index contributed by atoms with van der Waals surface area (Å²) in [5.41, 5.74) is 14.5. The number of aryl methyl sites for hydroxylation is 1. The van der Waals surface area contributed by atoms with Crippen molar-refractivity contribution < 1.29 is 9.18 Å². The van der Waals surface area contributed by atoms with Crippen molar-refractivity contribution in [2.24, 2.45) is 11.5 Å². The monoisotopic (exact) mass is 371 g/mol. The van der Waals surface area contributed by atoms with E-state index in [9.17, 15) is 9.18 Å². The van der Waals surface area contributed by atoms with Crippen molar-refractivity contribution in [3.63, 3.8) is 0 Å². The first kappa shape index (κ1) is 19.1. The largest absolute Gasteiger partial charge is 0.365 e. The number of hydrogen-bond acceptors (Lipinski definition) is 5. The molecule has 1 fully saturated rings. The van der Waals surface area contributed by atoms with Crippen molar-refractivity contribution in [2.45, 2.75) is 51.6 Å². The summed E-state index contributed by atoms with van der Waals surface area (Å²) in [6.07, 6.45) is 3.88. The average molecular weight is 371 g/mol. The van der Waals surface area contributed by atoms with Crippen LogP contribution in [-0.4, -0.2) is 23.0 Å². The number of rotatable bonds is 5. The summed E-state index contributed by atoms with van der Waals surface area (Å²) in [5, 5.41) is 6.24. The Kier molecular flexibility index (Phi) is 5.60. The molecule has 0 radical (unpaired) electrons. The lowest BCUT2D eigenvalue weighted by molar-refractivity contribution is 0.100. The highest BCUT2D eigenvalue weighted by Crippen LogP contribution is 2.28. The normalized spacial score (nSPS) is 19.6. The summed E-state index contributed by atoms with van der Waals surface area (Å²) >= 11 is 0. The van der Waals surface area contributed by atoms with E-state index in [1.165, 1.54) is 0 Å². The van der Waals surface area contributed by atoms with Gasteiger partial charge in [-0.05, 0) is 49.9 Å². The minimum atomic E-state index is -0.741. The van der Waals surface area contributed by atoms with Crippen LogP contribution in [0.2, 0.25) is 0 Å². The molecule has 2 atom stereocenters. The Balaban J connectivity index is 1.95. The molecule has 0 spiro atoms. The Morgan fingerprint density at radius 1 is 1.22 bits per heavy atom. The van der Waals surface area contributed by atoms with Gasteiger partial charge in [-0.1, -0.05) is 25.0 Å². The molecule has 1 saturated carbocycles. The summed E-state index contributed by atoms with van der Waals surface area (Å²) in [4.78, 5) is 16.1. The van der Waals surface area contributed by atoms with Crippen LogP contribution in [0.4, 0.5) is 21.7 Å². The maximum Gasteiger partial charge on any atom is 0.252 e. The van der Waals surface area contributed by atoms with Crippen LogP contribution in [0.5, 0.6) is 0 Å². The molecule has 1 amide bonds. The van der Waals surface area contributed by atoms with Gasteiger partial charge in [-0.25, -0.2) is 9.37 Å². The van der Waals surface area contributed by atoms with E-state index < -0.39 is 11.7 Å². The van der Waals surface area contributed by atoms with Gasteiger partial charge in [0, 0.05) is 17.8 Å². The van der Waals surface area contributed by atoms with E-state index >= 15 is 0 Å². The van der Waals surface area contributed by atoms with Crippen LogP contribution in [0.1, 0.15) is 47.2 Å². The van der Waals surface area contributed by atoms with Gasteiger partial charge in [0.15, 0.2) is 11.6 Å². The van der Waals surface area contributed by atoms with Crippen molar-refractivity contribution in [3.05, 3.63) is 46.8 Å². The van der Waals surface area contributed by atoms with Crippen molar-refractivity contribution in [1.82, 2.24) is 4.98 Å². The molecule has 1 aromatic heterocycles. The van der Waals surface area contributed by atoms with Gasteiger partial charge in [0.1, 0.15) is 5.82 Å². The highest BCUT2D eigenvalue weighted by Gasteiger charge is 2.24. The number of hydrogen-bond donors (Lipinski definition) is 4. The Labute approximate surface area is 158 Å². The van der Waals surface area contributed by atoms with Crippen molar-refractivity contribution >= 4 is 23.2 Å². The molecule has 1 aliphatic rings. The van der Waals surface area contributed by atoms with Crippen LogP contribution in [0.3, 0.4) is 0 Å². The number of amides is 1. The highest BCUT2D eigenvalue weighted by molar-refractivity contribution is 5.98. The molecule has 0 bridgehead atoms. The predicted molar refractivity (Wildman–Crippen MR) is 106 cm³/mol. The molecule has 6 nitrogen and oxygen atoms in total. The third kappa shape index (κ3) is 4.19. The zero-order valence-corrected chi connectivity index (χ0v) is 15.7. The number of pyridine rings is 1. The van der Waals surface area contributed by atoms with Crippen molar-refractivity contribution in [2.75, 3.05) is 10.6 Å². The smallest absolute Gasteiger partial charge is 0.252 e. The van der Waals surface area contributed by atoms with Crippen molar-refractivity contribution in [3.8, 4) is 0 Å². The van der Waals surface area contributed by atoms with Gasteiger partial charge >= 0.3 is 0 Å². The molecule has 144 valence electrons. The van der Waals surface area contributed by atoms with E-state index in [-0.39, 0.29) is 29.3 Å². The molecule has 1 unspecified atom stereocenters. The SMILES string of the molecule is Cc1cccc(Nc2nc(NC3CCCC[C@@H]3N)c(F)cc2C(N)=O)c1C. The number of aromatic nitrogens is 1. The van der Waals surface area contributed by atoms with Gasteiger partial charge in [-0.15, -0.1) is 0 Å². The van der Waals surface area contributed by atoms with Crippen molar-refractivity contribution in [1.29, 1.82) is 0 Å². The number of primary amides is 1. The maximum absolute atomic E-state index is 14.6. The third-order valence-electron chi connectivity index (χ3n) is 5.24. The van der Waals surface area contributed by atoms with Crippen LogP contribution >= 0.6 is 0 Å². The Morgan fingerprint density at radius 3 is 2.67 bits per heavy atom. The zero-order chi connectivity index (χ0) is 19.6. The molecule has 6 N–H and O–H groups in total. The van der Waals surface area contributed by atoms with Gasteiger partial charge in [0.25, 0.3) is 5.91 Å². The lowest BCUT2D eigenvalue weighted by Gasteiger charge is -2.30. The minimum absolute atomic E-state index is 0.00639. The minimum Gasteiger partial charge on any atom is -0.365 e. The first-order chi connectivity index (χ1) is 12.9. The molecule has 7 heteroatoms. The molecular formula is C20H26FN5O. The predicted octanol–water partition coefficient (Wildman–Crippen LogP) is 3.36. The van der Waals surface area contributed by atoms with E-state index in [0.29, 0.717) is 0 Å². The lowest BCUT2D eigenvalue weighted by Crippen LogP contribution is -2.43. The van der Waals surface area contributed by atoms with Crippen LogP contribution in [0.25, 0.3) is 0 Å². The average Bonchev–Trinajstić information content (AvgIpc) is 2.63. The second-order valence-electron chi connectivity index (χ2n) is 7.15. The summed E-state index contributed by atoms with van der Waals surface area (Å²) in [5.74, 6) is -1.05. The molecule has 0 saturated heterocycles. The topological polar surface area (TPSA) is 106 Å². The molecule has 1 heterocycles. The molecule has 2 aromatic rings. The first-order valence-electron chi connectivity index (χ1n) is 9.22. The molecule has 1 aromatic carbocycles.